The van der Waals surface area contributed by atoms with Gasteiger partial charge < -0.3 is 15.3 Å². The number of nitrogens with zero attached hydrogens (tertiary/aromatic N) is 3. The largest absolute Gasteiger partial charge is 0.480 e. The molecule has 212 valence electrons. The highest BCUT2D eigenvalue weighted by atomic mass is 16.4. The smallest absolute Gasteiger partial charge is 0.322 e. The molecule has 4 fully saturated rings. The van der Waals surface area contributed by atoms with E-state index in [-0.39, 0.29) is 18.5 Å². The van der Waals surface area contributed by atoms with Crippen molar-refractivity contribution in [1.82, 2.24) is 15.1 Å². The van der Waals surface area contributed by atoms with Gasteiger partial charge in [0.2, 0.25) is 12.3 Å². The molecule has 0 spiro atoms. The Hall–Kier alpha value is -2.94. The van der Waals surface area contributed by atoms with Crippen LogP contribution in [0.15, 0.2) is 24.3 Å². The van der Waals surface area contributed by atoms with Crippen LogP contribution in [0, 0.1) is 11.8 Å². The highest BCUT2D eigenvalue weighted by Crippen LogP contribution is 2.46. The SMILES string of the molecule is CN(CC(=O)NCC(=O)O)c1ccccc1C(=O)N(C=O)C1CC2CCCC(C1)N2C1CC2CCCC(C2)C1. The van der Waals surface area contributed by atoms with Crippen molar-refractivity contribution < 1.29 is 24.3 Å². The molecule has 4 unspecified atom stereocenters. The number of imide groups is 1. The number of likely N-dealkylation sites (N-methyl/N-ethyl adjacent to an activating group) is 1. The van der Waals surface area contributed by atoms with Crippen molar-refractivity contribution in [3.05, 3.63) is 29.8 Å². The molecule has 0 radical (unpaired) electrons. The number of carboxylic acid groups (broad SMARTS) is 1. The van der Waals surface area contributed by atoms with E-state index in [1.165, 1.54) is 49.8 Å². The Bertz CT molecular complexity index is 1050. The van der Waals surface area contributed by atoms with E-state index in [9.17, 15) is 19.2 Å². The number of fused-ring (bicyclic) bond motifs is 4. The molecule has 39 heavy (non-hydrogen) atoms. The van der Waals surface area contributed by atoms with E-state index >= 15 is 0 Å². The molecule has 2 saturated carbocycles. The van der Waals surface area contributed by atoms with E-state index in [4.69, 9.17) is 5.11 Å². The quantitative estimate of drug-likeness (QED) is 0.465. The lowest BCUT2D eigenvalue weighted by Crippen LogP contribution is -2.61. The van der Waals surface area contributed by atoms with E-state index < -0.39 is 18.4 Å². The first kappa shape index (κ1) is 27.6. The maximum atomic E-state index is 13.8. The summed E-state index contributed by atoms with van der Waals surface area (Å²) in [6.45, 7) is -0.569. The number of amides is 3. The van der Waals surface area contributed by atoms with Gasteiger partial charge in [-0.25, -0.2) is 0 Å². The summed E-state index contributed by atoms with van der Waals surface area (Å²) in [7, 11) is 1.68. The average Bonchev–Trinajstić information content (AvgIpc) is 2.91. The number of rotatable bonds is 9. The van der Waals surface area contributed by atoms with E-state index in [1.54, 1.807) is 36.2 Å². The summed E-state index contributed by atoms with van der Waals surface area (Å²) in [6, 6.07) is 8.32. The highest BCUT2D eigenvalue weighted by Gasteiger charge is 2.46. The molecule has 4 atom stereocenters. The number of hydrogen-bond donors (Lipinski definition) is 2. The predicted molar refractivity (Wildman–Crippen MR) is 147 cm³/mol. The number of carbonyl (C=O) groups excluding carboxylic acids is 3. The van der Waals surface area contributed by atoms with Crippen molar-refractivity contribution in [2.45, 2.75) is 94.8 Å². The van der Waals surface area contributed by atoms with Gasteiger partial charge in [-0.3, -0.25) is 29.0 Å². The molecule has 2 saturated heterocycles. The second-order valence-corrected chi connectivity index (χ2v) is 12.2. The molecule has 5 rings (SSSR count). The molecule has 2 aliphatic heterocycles. The number of para-hydroxylation sites is 1. The van der Waals surface area contributed by atoms with Crippen LogP contribution in [0.3, 0.4) is 0 Å². The van der Waals surface area contributed by atoms with Crippen molar-refractivity contribution in [1.29, 1.82) is 0 Å². The first-order chi connectivity index (χ1) is 18.8. The fourth-order valence-electron chi connectivity index (χ4n) is 8.11. The standard InChI is InChI=1S/C30H42N4O5/c1-32(18-28(36)31-17-29(37)38)27-11-3-2-10-26(27)30(39)33(19-35)24-15-22-8-5-9-23(16-24)34(22)25-13-20-6-4-7-21(12-20)14-25/h2-3,10-11,19-25H,4-9,12-18H2,1H3,(H,31,36)(H,37,38). The topological polar surface area (TPSA) is 110 Å². The van der Waals surface area contributed by atoms with E-state index in [2.05, 4.69) is 10.2 Å². The summed E-state index contributed by atoms with van der Waals surface area (Å²) in [5, 5.41) is 11.2. The Kier molecular flexibility index (Phi) is 8.54. The molecule has 4 bridgehead atoms. The number of carboxylic acids is 1. The molecule has 1 aromatic carbocycles. The molecule has 0 aromatic heterocycles. The molecule has 4 aliphatic rings. The number of benzene rings is 1. The lowest BCUT2D eigenvalue weighted by Gasteiger charge is -2.56. The second-order valence-electron chi connectivity index (χ2n) is 12.2. The van der Waals surface area contributed by atoms with Crippen LogP contribution in [0.1, 0.15) is 81.0 Å². The molecule has 2 heterocycles. The van der Waals surface area contributed by atoms with Crippen LogP contribution in [-0.4, -0.2) is 83.4 Å². The number of hydrogen-bond acceptors (Lipinski definition) is 6. The van der Waals surface area contributed by atoms with Crippen molar-refractivity contribution in [2.75, 3.05) is 25.0 Å². The predicted octanol–water partition coefficient (Wildman–Crippen LogP) is 3.28. The first-order valence-electron chi connectivity index (χ1n) is 14.7. The van der Waals surface area contributed by atoms with Crippen molar-refractivity contribution in [3.8, 4) is 0 Å². The summed E-state index contributed by atoms with van der Waals surface area (Å²) < 4.78 is 0. The molecular formula is C30H42N4O5. The second kappa shape index (κ2) is 12.1. The van der Waals surface area contributed by atoms with Crippen LogP contribution in [0.4, 0.5) is 5.69 Å². The van der Waals surface area contributed by atoms with Gasteiger partial charge in [-0.05, 0) is 68.9 Å². The minimum atomic E-state index is -1.12. The normalized spacial score (nSPS) is 30.2. The van der Waals surface area contributed by atoms with Crippen molar-refractivity contribution in [3.63, 3.8) is 0 Å². The monoisotopic (exact) mass is 538 g/mol. The minimum Gasteiger partial charge on any atom is -0.480 e. The van der Waals surface area contributed by atoms with Gasteiger partial charge in [0.15, 0.2) is 0 Å². The summed E-state index contributed by atoms with van der Waals surface area (Å²) in [5.41, 5.74) is 0.900. The van der Waals surface area contributed by atoms with Crippen LogP contribution >= 0.6 is 0 Å². The Morgan fingerprint density at radius 1 is 0.949 bits per heavy atom. The Labute approximate surface area is 230 Å². The van der Waals surface area contributed by atoms with Gasteiger partial charge in [-0.15, -0.1) is 0 Å². The van der Waals surface area contributed by atoms with E-state index in [0.29, 0.717) is 35.8 Å². The summed E-state index contributed by atoms with van der Waals surface area (Å²) in [6.07, 6.45) is 14.0. The molecule has 9 heteroatoms. The van der Waals surface area contributed by atoms with Crippen LogP contribution in [-0.2, 0) is 14.4 Å². The third kappa shape index (κ3) is 6.13. The van der Waals surface area contributed by atoms with Gasteiger partial charge in [0, 0.05) is 36.9 Å². The highest BCUT2D eigenvalue weighted by molar-refractivity contribution is 6.04. The summed E-state index contributed by atoms with van der Waals surface area (Å²) >= 11 is 0. The Morgan fingerprint density at radius 3 is 2.23 bits per heavy atom. The van der Waals surface area contributed by atoms with Crippen LogP contribution in [0.25, 0.3) is 0 Å². The van der Waals surface area contributed by atoms with Crippen LogP contribution in [0.2, 0.25) is 0 Å². The van der Waals surface area contributed by atoms with Crippen molar-refractivity contribution >= 4 is 29.9 Å². The lowest BCUT2D eigenvalue weighted by atomic mass is 9.68. The zero-order chi connectivity index (χ0) is 27.5. The molecule has 9 nitrogen and oxygen atoms in total. The fourth-order valence-corrected chi connectivity index (χ4v) is 8.11. The van der Waals surface area contributed by atoms with Crippen molar-refractivity contribution in [2.24, 2.45) is 11.8 Å². The van der Waals surface area contributed by atoms with E-state index in [1.807, 2.05) is 0 Å². The van der Waals surface area contributed by atoms with Gasteiger partial charge in [-0.2, -0.15) is 0 Å². The summed E-state index contributed by atoms with van der Waals surface area (Å²) in [4.78, 5) is 55.1. The third-order valence-corrected chi connectivity index (χ3v) is 9.63. The number of carbonyl (C=O) groups is 4. The fraction of sp³-hybridized carbons (Fsp3) is 0.667. The maximum absolute atomic E-state index is 13.8. The number of nitrogens with one attached hydrogen (secondary N) is 1. The zero-order valence-electron chi connectivity index (χ0n) is 23.0. The number of piperidine rings is 2. The lowest BCUT2D eigenvalue weighted by molar-refractivity contribution is -0.137. The van der Waals surface area contributed by atoms with Gasteiger partial charge in [0.05, 0.1) is 12.1 Å². The Balaban J connectivity index is 1.29. The molecule has 1 aromatic rings. The minimum absolute atomic E-state index is 0.107. The molecule has 2 aliphatic carbocycles. The third-order valence-electron chi connectivity index (χ3n) is 9.63. The Morgan fingerprint density at radius 2 is 1.59 bits per heavy atom. The van der Waals surface area contributed by atoms with Gasteiger partial charge in [-0.1, -0.05) is 37.8 Å². The van der Waals surface area contributed by atoms with Gasteiger partial charge >= 0.3 is 5.97 Å². The molecular weight excluding hydrogens is 496 g/mol. The van der Waals surface area contributed by atoms with Crippen LogP contribution < -0.4 is 10.2 Å². The molecule has 3 amide bonds. The van der Waals surface area contributed by atoms with Crippen LogP contribution in [0.5, 0.6) is 0 Å². The first-order valence-corrected chi connectivity index (χ1v) is 14.7. The number of anilines is 1. The average molecular weight is 539 g/mol. The zero-order valence-corrected chi connectivity index (χ0v) is 23.0. The molecule has 2 N–H and O–H groups in total. The van der Waals surface area contributed by atoms with Gasteiger partial charge in [0.25, 0.3) is 5.91 Å². The van der Waals surface area contributed by atoms with E-state index in [0.717, 1.165) is 37.5 Å². The maximum Gasteiger partial charge on any atom is 0.322 e. The summed E-state index contributed by atoms with van der Waals surface area (Å²) in [5.74, 6) is -0.184. The van der Waals surface area contributed by atoms with Gasteiger partial charge in [0.1, 0.15) is 6.54 Å². The number of aliphatic carboxylic acids is 1.